The molecule has 56 heavy (non-hydrogen) atoms. The van der Waals surface area contributed by atoms with Gasteiger partial charge in [0.1, 0.15) is 24.1 Å². The molecular formula is C47H70N4O4S+2. The Balaban J connectivity index is 1.50. The standard InChI is InChI=1S/C47H70N4O4S/c1-45(2,3)20-19-35-13-15-38-39-16-14-36(37-17-18-40(46(4,5)6)44-43(37)48-56-49-44)34-42(39)47(41(38)33-35,21-25-52-29-31-54-27-23-50(7,8)9)22-26-53-30-32-55-28-24-51(10,11)12/h13-20,33-34H,21-32H2,1-12H3/q+2. The highest BCUT2D eigenvalue weighted by atomic mass is 32.1. The third-order valence-corrected chi connectivity index (χ3v) is 11.1. The zero-order chi connectivity index (χ0) is 40.8. The monoisotopic (exact) mass is 787 g/mol. The van der Waals surface area contributed by atoms with E-state index < -0.39 is 0 Å². The lowest BCUT2D eigenvalue weighted by Gasteiger charge is -2.33. The van der Waals surface area contributed by atoms with Crippen molar-refractivity contribution in [1.29, 1.82) is 0 Å². The molecule has 0 atom stereocenters. The zero-order valence-electron chi connectivity index (χ0n) is 36.6. The molecule has 0 bridgehead atoms. The molecule has 0 aliphatic heterocycles. The number of hydrogen-bond acceptors (Lipinski definition) is 7. The van der Waals surface area contributed by atoms with Crippen LogP contribution in [0, 0.1) is 5.41 Å². The summed E-state index contributed by atoms with van der Waals surface area (Å²) in [6, 6.07) is 18.5. The highest BCUT2D eigenvalue weighted by molar-refractivity contribution is 7.00. The first-order chi connectivity index (χ1) is 26.3. The SMILES string of the molecule is CC(C)(C)C=Cc1ccc2c(c1)C(CCOCCOCC[N+](C)(C)C)(CCOCCOCC[N+](C)(C)C)c1cc(-c3ccc(C(C)(C)C)c4nsnc34)ccc1-2. The van der Waals surface area contributed by atoms with Gasteiger partial charge in [0.25, 0.3) is 0 Å². The molecule has 4 aromatic rings. The number of allylic oxidation sites excluding steroid dienone is 1. The number of aromatic nitrogens is 2. The minimum Gasteiger partial charge on any atom is -0.379 e. The van der Waals surface area contributed by atoms with Gasteiger partial charge in [0, 0.05) is 24.2 Å². The smallest absolute Gasteiger partial charge is 0.112 e. The molecule has 1 aromatic heterocycles. The van der Waals surface area contributed by atoms with Crippen LogP contribution in [0.4, 0.5) is 0 Å². The van der Waals surface area contributed by atoms with Crippen LogP contribution in [0.5, 0.6) is 0 Å². The van der Waals surface area contributed by atoms with Crippen LogP contribution in [-0.2, 0) is 29.8 Å². The van der Waals surface area contributed by atoms with E-state index in [1.807, 2.05) is 0 Å². The van der Waals surface area contributed by atoms with Crippen molar-refractivity contribution in [3.8, 4) is 22.3 Å². The van der Waals surface area contributed by atoms with E-state index in [2.05, 4.69) is 145 Å². The van der Waals surface area contributed by atoms with Crippen LogP contribution in [-0.4, -0.2) is 126 Å². The Kier molecular flexibility index (Phi) is 14.4. The molecule has 1 heterocycles. The number of quaternary nitrogens is 2. The van der Waals surface area contributed by atoms with Gasteiger partial charge in [-0.2, -0.15) is 8.75 Å². The normalized spacial score (nSPS) is 14.6. The maximum Gasteiger partial charge on any atom is 0.112 e. The van der Waals surface area contributed by atoms with Crippen LogP contribution >= 0.6 is 11.7 Å². The second-order valence-electron chi connectivity index (χ2n) is 19.7. The highest BCUT2D eigenvalue weighted by Crippen LogP contribution is 2.54. The van der Waals surface area contributed by atoms with Crippen LogP contribution in [0.2, 0.25) is 0 Å². The Bertz CT molecular complexity index is 1890. The predicted octanol–water partition coefficient (Wildman–Crippen LogP) is 9.24. The van der Waals surface area contributed by atoms with Gasteiger partial charge in [-0.3, -0.25) is 0 Å². The summed E-state index contributed by atoms with van der Waals surface area (Å²) in [5, 5.41) is 0. The molecule has 1 aliphatic carbocycles. The molecule has 3 aromatic carbocycles. The van der Waals surface area contributed by atoms with Gasteiger partial charge >= 0.3 is 0 Å². The van der Waals surface area contributed by atoms with Gasteiger partial charge in [-0.1, -0.05) is 96.2 Å². The molecule has 0 amide bonds. The maximum atomic E-state index is 6.39. The number of nitrogens with zero attached hydrogens (tertiary/aromatic N) is 4. The molecule has 5 rings (SSSR count). The molecule has 0 unspecified atom stereocenters. The molecule has 0 saturated heterocycles. The van der Waals surface area contributed by atoms with Crippen molar-refractivity contribution in [2.45, 2.75) is 65.2 Å². The summed E-state index contributed by atoms with van der Waals surface area (Å²) in [6.07, 6.45) is 6.22. The fourth-order valence-electron chi connectivity index (χ4n) is 7.31. The van der Waals surface area contributed by atoms with E-state index in [9.17, 15) is 0 Å². The Morgan fingerprint density at radius 3 is 1.62 bits per heavy atom. The summed E-state index contributed by atoms with van der Waals surface area (Å²) in [5.41, 5.74) is 11.6. The molecular weight excluding hydrogens is 717 g/mol. The summed E-state index contributed by atoms with van der Waals surface area (Å²) in [6.45, 7) is 20.4. The van der Waals surface area contributed by atoms with Crippen molar-refractivity contribution in [1.82, 2.24) is 8.75 Å². The first-order valence-electron chi connectivity index (χ1n) is 20.4. The van der Waals surface area contributed by atoms with Crippen LogP contribution in [0.3, 0.4) is 0 Å². The number of fused-ring (bicyclic) bond motifs is 4. The van der Waals surface area contributed by atoms with E-state index in [-0.39, 0.29) is 16.2 Å². The average molecular weight is 787 g/mol. The second kappa shape index (κ2) is 18.3. The van der Waals surface area contributed by atoms with E-state index in [0.717, 1.165) is 70.3 Å². The van der Waals surface area contributed by atoms with E-state index in [1.165, 1.54) is 45.1 Å². The Labute approximate surface area is 342 Å². The molecule has 8 nitrogen and oxygen atoms in total. The first-order valence-corrected chi connectivity index (χ1v) is 21.2. The van der Waals surface area contributed by atoms with Crippen LogP contribution in [0.15, 0.2) is 54.6 Å². The quantitative estimate of drug-likeness (QED) is 0.0658. The van der Waals surface area contributed by atoms with Crippen molar-refractivity contribution in [3.63, 3.8) is 0 Å². The van der Waals surface area contributed by atoms with Crippen molar-refractivity contribution < 1.29 is 27.9 Å². The third-order valence-electron chi connectivity index (χ3n) is 10.6. The van der Waals surface area contributed by atoms with Gasteiger partial charge in [-0.05, 0) is 68.7 Å². The van der Waals surface area contributed by atoms with E-state index in [4.69, 9.17) is 27.7 Å². The van der Waals surface area contributed by atoms with E-state index in [0.29, 0.717) is 39.6 Å². The molecule has 1 aliphatic rings. The average Bonchev–Trinajstić information content (AvgIpc) is 3.69. The number of likely N-dealkylation sites (N-methyl/N-ethyl adjacent to an activating group) is 2. The number of ether oxygens (including phenoxy) is 4. The molecule has 9 heteroatoms. The minimum absolute atomic E-state index is 0.0336. The zero-order valence-corrected chi connectivity index (χ0v) is 37.4. The fraction of sp³-hybridized carbons (Fsp3) is 0.574. The first kappa shape index (κ1) is 44.1. The maximum absolute atomic E-state index is 6.39. The summed E-state index contributed by atoms with van der Waals surface area (Å²) in [7, 11) is 13.1. The lowest BCUT2D eigenvalue weighted by atomic mass is 9.72. The summed E-state index contributed by atoms with van der Waals surface area (Å²) >= 11 is 1.30. The molecule has 0 spiro atoms. The van der Waals surface area contributed by atoms with Gasteiger partial charge < -0.3 is 27.9 Å². The number of benzene rings is 3. The summed E-state index contributed by atoms with van der Waals surface area (Å²) < 4.78 is 36.1. The fourth-order valence-corrected chi connectivity index (χ4v) is 7.89. The molecule has 0 fully saturated rings. The number of rotatable bonds is 20. The lowest BCUT2D eigenvalue weighted by molar-refractivity contribution is -0.870. The second-order valence-corrected chi connectivity index (χ2v) is 20.2. The topological polar surface area (TPSA) is 62.7 Å². The summed E-state index contributed by atoms with van der Waals surface area (Å²) in [5.74, 6) is 0. The van der Waals surface area contributed by atoms with Crippen molar-refractivity contribution >= 4 is 28.8 Å². The molecule has 0 radical (unpaired) electrons. The van der Waals surface area contributed by atoms with Gasteiger partial charge in [0.15, 0.2) is 0 Å². The van der Waals surface area contributed by atoms with Crippen molar-refractivity contribution in [2.24, 2.45) is 5.41 Å². The van der Waals surface area contributed by atoms with Gasteiger partial charge in [0.05, 0.1) is 93.7 Å². The van der Waals surface area contributed by atoms with E-state index in [1.54, 1.807) is 0 Å². The molecule has 0 N–H and O–H groups in total. The Morgan fingerprint density at radius 1 is 0.589 bits per heavy atom. The van der Waals surface area contributed by atoms with Gasteiger partial charge in [-0.25, -0.2) is 0 Å². The van der Waals surface area contributed by atoms with Gasteiger partial charge in [-0.15, -0.1) is 0 Å². The van der Waals surface area contributed by atoms with Crippen LogP contribution < -0.4 is 0 Å². The van der Waals surface area contributed by atoms with Gasteiger partial charge in [0.2, 0.25) is 0 Å². The largest absolute Gasteiger partial charge is 0.379 e. The van der Waals surface area contributed by atoms with Crippen LogP contribution in [0.1, 0.15) is 76.6 Å². The third kappa shape index (κ3) is 11.8. The van der Waals surface area contributed by atoms with Crippen molar-refractivity contribution in [3.05, 3.63) is 76.9 Å². The highest BCUT2D eigenvalue weighted by Gasteiger charge is 2.43. The van der Waals surface area contributed by atoms with E-state index >= 15 is 0 Å². The minimum atomic E-state index is -0.327. The molecule has 306 valence electrons. The lowest BCUT2D eigenvalue weighted by Crippen LogP contribution is -2.37. The number of hydrogen-bond donors (Lipinski definition) is 0. The summed E-state index contributed by atoms with van der Waals surface area (Å²) in [4.78, 5) is 0. The molecule has 0 saturated carbocycles. The Morgan fingerprint density at radius 2 is 1.09 bits per heavy atom. The Hall–Kier alpha value is -3.02. The van der Waals surface area contributed by atoms with Crippen LogP contribution in [0.25, 0.3) is 39.4 Å². The predicted molar refractivity (Wildman–Crippen MR) is 235 cm³/mol. The van der Waals surface area contributed by atoms with Crippen molar-refractivity contribution in [2.75, 3.05) is 108 Å².